The van der Waals surface area contributed by atoms with E-state index in [1.165, 1.54) is 5.56 Å². The zero-order valence-electron chi connectivity index (χ0n) is 11.4. The molecule has 1 N–H and O–H groups in total. The molecular weight excluding hydrogens is 238 g/mol. The molecule has 0 bridgehead atoms. The molecule has 0 amide bonds. The van der Waals surface area contributed by atoms with E-state index in [0.29, 0.717) is 6.04 Å². The van der Waals surface area contributed by atoms with Gasteiger partial charge in [0.25, 0.3) is 0 Å². The Balaban J connectivity index is 1.72. The first-order valence-electron chi connectivity index (χ1n) is 7.33. The molecule has 1 aromatic rings. The smallest absolute Gasteiger partial charge is 0.0620 e. The average molecular weight is 261 g/mol. The molecule has 3 nitrogen and oxygen atoms in total. The molecule has 19 heavy (non-hydrogen) atoms. The first-order valence-corrected chi connectivity index (χ1v) is 7.33. The normalized spacial score (nSPS) is 26.4. The zero-order chi connectivity index (χ0) is 13.0. The average Bonchev–Trinajstić information content (AvgIpc) is 3.01. The highest BCUT2D eigenvalue weighted by Crippen LogP contribution is 2.34. The number of rotatable bonds is 4. The van der Waals surface area contributed by atoms with Gasteiger partial charge >= 0.3 is 0 Å². The first-order chi connectivity index (χ1) is 9.39. The summed E-state index contributed by atoms with van der Waals surface area (Å²) in [5.41, 5.74) is 1.69. The summed E-state index contributed by atoms with van der Waals surface area (Å²) in [5, 5.41) is 3.71. The molecule has 0 spiro atoms. The van der Waals surface area contributed by atoms with Crippen LogP contribution in [0.15, 0.2) is 30.3 Å². The zero-order valence-corrected chi connectivity index (χ0v) is 11.4. The van der Waals surface area contributed by atoms with Crippen molar-refractivity contribution in [3.8, 4) is 0 Å². The van der Waals surface area contributed by atoms with Crippen molar-refractivity contribution in [1.29, 1.82) is 0 Å². The van der Waals surface area contributed by atoms with Crippen LogP contribution in [0.1, 0.15) is 24.8 Å². The van der Waals surface area contributed by atoms with Crippen LogP contribution in [0.3, 0.4) is 0 Å². The van der Waals surface area contributed by atoms with Crippen LogP contribution in [-0.2, 0) is 14.9 Å². The van der Waals surface area contributed by atoms with Crippen LogP contribution in [0.25, 0.3) is 0 Å². The van der Waals surface area contributed by atoms with Crippen LogP contribution >= 0.6 is 0 Å². The van der Waals surface area contributed by atoms with Crippen LogP contribution < -0.4 is 5.32 Å². The molecule has 1 atom stereocenters. The third-order valence-corrected chi connectivity index (χ3v) is 4.49. The Bertz CT molecular complexity index is 381. The number of ether oxygens (including phenoxy) is 2. The van der Waals surface area contributed by atoms with Crippen molar-refractivity contribution in [3.63, 3.8) is 0 Å². The molecule has 0 unspecified atom stereocenters. The van der Waals surface area contributed by atoms with Gasteiger partial charge in [-0.1, -0.05) is 30.3 Å². The maximum Gasteiger partial charge on any atom is 0.0620 e. The fourth-order valence-corrected chi connectivity index (χ4v) is 3.16. The van der Waals surface area contributed by atoms with Crippen LogP contribution in [0.4, 0.5) is 0 Å². The fraction of sp³-hybridized carbons (Fsp3) is 0.625. The second-order valence-electron chi connectivity index (χ2n) is 5.70. The first kappa shape index (κ1) is 13.1. The molecule has 2 aliphatic heterocycles. The van der Waals surface area contributed by atoms with E-state index in [0.717, 1.165) is 52.2 Å². The Morgan fingerprint density at radius 3 is 2.53 bits per heavy atom. The van der Waals surface area contributed by atoms with Gasteiger partial charge in [0, 0.05) is 37.8 Å². The van der Waals surface area contributed by atoms with Crippen LogP contribution in [0.2, 0.25) is 0 Å². The summed E-state index contributed by atoms with van der Waals surface area (Å²) >= 11 is 0. The van der Waals surface area contributed by atoms with E-state index < -0.39 is 0 Å². The summed E-state index contributed by atoms with van der Waals surface area (Å²) in [6.07, 6.45) is 3.36. The molecule has 2 heterocycles. The Kier molecular flexibility index (Phi) is 4.16. The molecule has 0 aromatic heterocycles. The van der Waals surface area contributed by atoms with Crippen molar-refractivity contribution >= 4 is 0 Å². The lowest BCUT2D eigenvalue weighted by molar-refractivity contribution is 0.0486. The van der Waals surface area contributed by atoms with E-state index in [2.05, 4.69) is 35.6 Å². The highest BCUT2D eigenvalue weighted by Gasteiger charge is 2.34. The van der Waals surface area contributed by atoms with Gasteiger partial charge in [-0.25, -0.2) is 0 Å². The molecular formula is C16H23NO2. The Morgan fingerprint density at radius 2 is 1.84 bits per heavy atom. The van der Waals surface area contributed by atoms with Gasteiger partial charge in [0.1, 0.15) is 0 Å². The maximum atomic E-state index is 5.57. The predicted molar refractivity (Wildman–Crippen MR) is 75.4 cm³/mol. The van der Waals surface area contributed by atoms with E-state index in [1.807, 2.05) is 0 Å². The van der Waals surface area contributed by atoms with Crippen molar-refractivity contribution < 1.29 is 9.47 Å². The third kappa shape index (κ3) is 2.99. The molecule has 3 heteroatoms. The molecule has 0 radical (unpaired) electrons. The summed E-state index contributed by atoms with van der Waals surface area (Å²) < 4.78 is 11.0. The summed E-state index contributed by atoms with van der Waals surface area (Å²) in [6, 6.07) is 11.4. The van der Waals surface area contributed by atoms with Gasteiger partial charge in [-0.05, 0) is 24.8 Å². The number of hydrogen-bond acceptors (Lipinski definition) is 3. The minimum Gasteiger partial charge on any atom is -0.381 e. The largest absolute Gasteiger partial charge is 0.381 e. The monoisotopic (exact) mass is 261 g/mol. The summed E-state index contributed by atoms with van der Waals surface area (Å²) in [7, 11) is 0. The standard InChI is InChI=1S/C16H23NO2/c1-2-4-14(5-3-1)16(7-10-18-11-8-16)13-17-15-6-9-19-12-15/h1-5,15,17H,6-13H2/t15-/m0/s1. The highest BCUT2D eigenvalue weighted by molar-refractivity contribution is 5.26. The van der Waals surface area contributed by atoms with Crippen molar-refractivity contribution in [1.82, 2.24) is 5.32 Å². The number of nitrogens with one attached hydrogen (secondary N) is 1. The van der Waals surface area contributed by atoms with Gasteiger partial charge in [0.15, 0.2) is 0 Å². The second-order valence-corrected chi connectivity index (χ2v) is 5.70. The minimum atomic E-state index is 0.238. The summed E-state index contributed by atoms with van der Waals surface area (Å²) in [4.78, 5) is 0. The molecule has 2 aliphatic rings. The summed E-state index contributed by atoms with van der Waals surface area (Å²) in [5.74, 6) is 0. The SMILES string of the molecule is c1ccc(C2(CN[C@H]3CCOC3)CCOCC2)cc1. The molecule has 1 aromatic carbocycles. The van der Waals surface area contributed by atoms with Crippen LogP contribution in [0, 0.1) is 0 Å². The van der Waals surface area contributed by atoms with E-state index in [-0.39, 0.29) is 5.41 Å². The van der Waals surface area contributed by atoms with Gasteiger partial charge in [-0.3, -0.25) is 0 Å². The van der Waals surface area contributed by atoms with Crippen molar-refractivity contribution in [2.45, 2.75) is 30.7 Å². The van der Waals surface area contributed by atoms with Crippen LogP contribution in [0.5, 0.6) is 0 Å². The van der Waals surface area contributed by atoms with E-state index in [1.54, 1.807) is 0 Å². The van der Waals surface area contributed by atoms with Gasteiger partial charge in [-0.2, -0.15) is 0 Å². The third-order valence-electron chi connectivity index (χ3n) is 4.49. The second kappa shape index (κ2) is 6.04. The summed E-state index contributed by atoms with van der Waals surface area (Å²) in [6.45, 7) is 4.55. The molecule has 2 fully saturated rings. The van der Waals surface area contributed by atoms with Crippen molar-refractivity contribution in [2.75, 3.05) is 33.0 Å². The lowest BCUT2D eigenvalue weighted by Crippen LogP contribution is -2.46. The van der Waals surface area contributed by atoms with E-state index in [4.69, 9.17) is 9.47 Å². The highest BCUT2D eigenvalue weighted by atomic mass is 16.5. The number of benzene rings is 1. The fourth-order valence-electron chi connectivity index (χ4n) is 3.16. The van der Waals surface area contributed by atoms with Gasteiger partial charge in [-0.15, -0.1) is 0 Å². The van der Waals surface area contributed by atoms with Gasteiger partial charge in [0.05, 0.1) is 6.61 Å². The van der Waals surface area contributed by atoms with Crippen molar-refractivity contribution in [3.05, 3.63) is 35.9 Å². The van der Waals surface area contributed by atoms with E-state index in [9.17, 15) is 0 Å². The molecule has 3 rings (SSSR count). The minimum absolute atomic E-state index is 0.238. The quantitative estimate of drug-likeness (QED) is 0.900. The maximum absolute atomic E-state index is 5.57. The number of hydrogen-bond donors (Lipinski definition) is 1. The van der Waals surface area contributed by atoms with Gasteiger partial charge in [0.2, 0.25) is 0 Å². The Morgan fingerprint density at radius 1 is 1.05 bits per heavy atom. The lowest BCUT2D eigenvalue weighted by Gasteiger charge is -2.38. The van der Waals surface area contributed by atoms with Gasteiger partial charge < -0.3 is 14.8 Å². The van der Waals surface area contributed by atoms with Crippen molar-refractivity contribution in [2.24, 2.45) is 0 Å². The Hall–Kier alpha value is -0.900. The Labute approximate surface area is 115 Å². The molecule has 2 saturated heterocycles. The lowest BCUT2D eigenvalue weighted by atomic mass is 9.74. The molecule has 0 aliphatic carbocycles. The van der Waals surface area contributed by atoms with Crippen LogP contribution in [-0.4, -0.2) is 39.0 Å². The molecule has 104 valence electrons. The predicted octanol–water partition coefficient (Wildman–Crippen LogP) is 2.11. The topological polar surface area (TPSA) is 30.5 Å². The molecule has 0 saturated carbocycles. The van der Waals surface area contributed by atoms with E-state index >= 15 is 0 Å².